The Labute approximate surface area is 164 Å². The number of carbonyl (C=O) groups is 2. The summed E-state index contributed by atoms with van der Waals surface area (Å²) in [6, 6.07) is 8.91. The highest BCUT2D eigenvalue weighted by molar-refractivity contribution is 5.92. The lowest BCUT2D eigenvalue weighted by molar-refractivity contribution is -0.115. The SMILES string of the molecule is CCC(=O)Nc1ccc(OCc2cc(C(=O)NC3CCCCCC3)no2)cc1. The molecular formula is C21H27N3O4. The third-order valence-electron chi connectivity index (χ3n) is 4.82. The van der Waals surface area contributed by atoms with Crippen LogP contribution in [0.2, 0.25) is 0 Å². The van der Waals surface area contributed by atoms with Gasteiger partial charge in [0.15, 0.2) is 11.5 Å². The van der Waals surface area contributed by atoms with Crippen molar-refractivity contribution in [1.29, 1.82) is 0 Å². The predicted octanol–water partition coefficient (Wildman–Crippen LogP) is 4.05. The summed E-state index contributed by atoms with van der Waals surface area (Å²) in [6.07, 6.45) is 7.27. The average molecular weight is 385 g/mol. The number of rotatable bonds is 7. The molecule has 150 valence electrons. The zero-order valence-corrected chi connectivity index (χ0v) is 16.2. The quantitative estimate of drug-likeness (QED) is 0.701. The minimum absolute atomic E-state index is 0.0371. The fourth-order valence-corrected chi connectivity index (χ4v) is 3.21. The van der Waals surface area contributed by atoms with E-state index in [9.17, 15) is 9.59 Å². The van der Waals surface area contributed by atoms with Crippen LogP contribution in [-0.4, -0.2) is 23.0 Å². The number of ether oxygens (including phenoxy) is 1. The van der Waals surface area contributed by atoms with E-state index in [1.165, 1.54) is 12.8 Å². The third kappa shape index (κ3) is 5.84. The lowest BCUT2D eigenvalue weighted by Gasteiger charge is -2.14. The Hall–Kier alpha value is -2.83. The van der Waals surface area contributed by atoms with Gasteiger partial charge in [0, 0.05) is 24.2 Å². The highest BCUT2D eigenvalue weighted by atomic mass is 16.5. The van der Waals surface area contributed by atoms with Crippen LogP contribution in [0.4, 0.5) is 5.69 Å². The minimum Gasteiger partial charge on any atom is -0.486 e. The Morgan fingerprint density at radius 3 is 2.54 bits per heavy atom. The molecule has 7 heteroatoms. The predicted molar refractivity (Wildman–Crippen MR) is 105 cm³/mol. The van der Waals surface area contributed by atoms with Gasteiger partial charge in [-0.05, 0) is 37.1 Å². The molecule has 1 saturated carbocycles. The van der Waals surface area contributed by atoms with Crippen molar-refractivity contribution in [3.63, 3.8) is 0 Å². The van der Waals surface area contributed by atoms with Gasteiger partial charge >= 0.3 is 0 Å². The maximum Gasteiger partial charge on any atom is 0.273 e. The topological polar surface area (TPSA) is 93.5 Å². The van der Waals surface area contributed by atoms with E-state index in [0.717, 1.165) is 31.4 Å². The van der Waals surface area contributed by atoms with Crippen LogP contribution >= 0.6 is 0 Å². The van der Waals surface area contributed by atoms with Crippen molar-refractivity contribution in [1.82, 2.24) is 10.5 Å². The van der Waals surface area contributed by atoms with Crippen molar-refractivity contribution >= 4 is 17.5 Å². The maximum atomic E-state index is 12.4. The first-order chi connectivity index (χ1) is 13.6. The Bertz CT molecular complexity index is 777. The molecule has 2 N–H and O–H groups in total. The summed E-state index contributed by atoms with van der Waals surface area (Å²) in [4.78, 5) is 23.7. The van der Waals surface area contributed by atoms with Gasteiger partial charge in [0.05, 0.1) is 0 Å². The molecule has 1 aliphatic rings. The lowest BCUT2D eigenvalue weighted by atomic mass is 10.1. The van der Waals surface area contributed by atoms with E-state index in [0.29, 0.717) is 17.9 Å². The van der Waals surface area contributed by atoms with Crippen molar-refractivity contribution in [2.45, 2.75) is 64.5 Å². The van der Waals surface area contributed by atoms with Crippen LogP contribution in [0, 0.1) is 0 Å². The summed E-state index contributed by atoms with van der Waals surface area (Å²) >= 11 is 0. The molecule has 0 bridgehead atoms. The van der Waals surface area contributed by atoms with Crippen LogP contribution in [0.1, 0.15) is 68.1 Å². The van der Waals surface area contributed by atoms with Gasteiger partial charge < -0.3 is 19.9 Å². The number of carbonyl (C=O) groups excluding carboxylic acids is 2. The van der Waals surface area contributed by atoms with Crippen LogP contribution in [-0.2, 0) is 11.4 Å². The molecule has 28 heavy (non-hydrogen) atoms. The molecular weight excluding hydrogens is 358 g/mol. The van der Waals surface area contributed by atoms with Crippen LogP contribution in [0.15, 0.2) is 34.9 Å². The van der Waals surface area contributed by atoms with E-state index in [1.54, 1.807) is 37.3 Å². The Morgan fingerprint density at radius 1 is 1.14 bits per heavy atom. The fourth-order valence-electron chi connectivity index (χ4n) is 3.21. The number of hydrogen-bond donors (Lipinski definition) is 2. The van der Waals surface area contributed by atoms with E-state index in [2.05, 4.69) is 15.8 Å². The summed E-state index contributed by atoms with van der Waals surface area (Å²) in [7, 11) is 0. The minimum atomic E-state index is -0.196. The molecule has 0 radical (unpaired) electrons. The molecule has 0 saturated heterocycles. The second-order valence-corrected chi connectivity index (χ2v) is 7.06. The van der Waals surface area contributed by atoms with Crippen molar-refractivity contribution in [2.75, 3.05) is 5.32 Å². The maximum absolute atomic E-state index is 12.4. The van der Waals surface area contributed by atoms with Crippen molar-refractivity contribution in [3.8, 4) is 5.75 Å². The summed E-state index contributed by atoms with van der Waals surface area (Å²) in [5.41, 5.74) is 0.997. The molecule has 0 aliphatic heterocycles. The van der Waals surface area contributed by atoms with Gasteiger partial charge in [0.1, 0.15) is 12.4 Å². The number of amides is 2. The fraction of sp³-hybridized carbons (Fsp3) is 0.476. The first kappa shape index (κ1) is 19.9. The van der Waals surface area contributed by atoms with E-state index < -0.39 is 0 Å². The summed E-state index contributed by atoms with van der Waals surface area (Å²) in [6.45, 7) is 1.97. The molecule has 7 nitrogen and oxygen atoms in total. The molecule has 1 heterocycles. The summed E-state index contributed by atoms with van der Waals surface area (Å²) < 4.78 is 10.9. The van der Waals surface area contributed by atoms with Gasteiger partial charge in [-0.3, -0.25) is 9.59 Å². The number of nitrogens with one attached hydrogen (secondary N) is 2. The highest BCUT2D eigenvalue weighted by Crippen LogP contribution is 2.19. The number of aromatic nitrogens is 1. The van der Waals surface area contributed by atoms with Gasteiger partial charge in [-0.25, -0.2) is 0 Å². The Balaban J connectivity index is 1.48. The summed E-state index contributed by atoms with van der Waals surface area (Å²) in [5, 5.41) is 9.69. The zero-order valence-electron chi connectivity index (χ0n) is 16.2. The lowest BCUT2D eigenvalue weighted by Crippen LogP contribution is -2.34. The van der Waals surface area contributed by atoms with Gasteiger partial charge in [-0.15, -0.1) is 0 Å². The number of anilines is 1. The van der Waals surface area contributed by atoms with Gasteiger partial charge in [-0.1, -0.05) is 37.8 Å². The first-order valence-corrected chi connectivity index (χ1v) is 9.93. The average Bonchev–Trinajstić information content (AvgIpc) is 3.04. The zero-order chi connectivity index (χ0) is 19.8. The Morgan fingerprint density at radius 2 is 1.86 bits per heavy atom. The van der Waals surface area contributed by atoms with Crippen molar-refractivity contribution in [3.05, 3.63) is 41.8 Å². The smallest absolute Gasteiger partial charge is 0.273 e. The number of nitrogens with zero attached hydrogens (tertiary/aromatic N) is 1. The van der Waals surface area contributed by atoms with Crippen LogP contribution in [0.3, 0.4) is 0 Å². The molecule has 1 aromatic carbocycles. The van der Waals surface area contributed by atoms with Crippen LogP contribution in [0.5, 0.6) is 5.75 Å². The van der Waals surface area contributed by atoms with Crippen molar-refractivity contribution in [2.24, 2.45) is 0 Å². The molecule has 2 aromatic rings. The molecule has 1 aromatic heterocycles. The molecule has 0 spiro atoms. The van der Waals surface area contributed by atoms with Gasteiger partial charge in [-0.2, -0.15) is 0 Å². The van der Waals surface area contributed by atoms with Crippen molar-refractivity contribution < 1.29 is 18.8 Å². The van der Waals surface area contributed by atoms with E-state index in [4.69, 9.17) is 9.26 Å². The second-order valence-electron chi connectivity index (χ2n) is 7.06. The van der Waals surface area contributed by atoms with E-state index in [-0.39, 0.29) is 30.2 Å². The van der Waals surface area contributed by atoms with E-state index >= 15 is 0 Å². The molecule has 0 unspecified atom stereocenters. The molecule has 0 atom stereocenters. The number of benzene rings is 1. The van der Waals surface area contributed by atoms with Crippen LogP contribution < -0.4 is 15.4 Å². The molecule has 3 rings (SSSR count). The highest BCUT2D eigenvalue weighted by Gasteiger charge is 2.18. The van der Waals surface area contributed by atoms with Crippen LogP contribution in [0.25, 0.3) is 0 Å². The standard InChI is InChI=1S/C21H27N3O4/c1-2-20(25)22-16-9-11-17(12-10-16)27-14-18-13-19(24-28-18)21(26)23-15-7-5-3-4-6-8-15/h9-13,15H,2-8,14H2,1H3,(H,22,25)(H,23,26). The largest absolute Gasteiger partial charge is 0.486 e. The van der Waals surface area contributed by atoms with Gasteiger partial charge in [0.2, 0.25) is 5.91 Å². The molecule has 2 amide bonds. The second kappa shape index (κ2) is 9.92. The van der Waals surface area contributed by atoms with E-state index in [1.807, 2.05) is 0 Å². The Kier molecular flexibility index (Phi) is 7.06. The number of hydrogen-bond acceptors (Lipinski definition) is 5. The normalized spacial score (nSPS) is 14.9. The summed E-state index contributed by atoms with van der Waals surface area (Å²) in [5.74, 6) is 0.882. The monoisotopic (exact) mass is 385 g/mol. The third-order valence-corrected chi connectivity index (χ3v) is 4.82. The molecule has 1 aliphatic carbocycles. The van der Waals surface area contributed by atoms with Gasteiger partial charge in [0.25, 0.3) is 5.91 Å². The molecule has 1 fully saturated rings. The first-order valence-electron chi connectivity index (χ1n) is 9.93.